The SMILES string of the molecule is O=C(O)C1(C2(O)CCNCC2)CCOC1. The van der Waals surface area contributed by atoms with Gasteiger partial charge in [0.2, 0.25) is 0 Å². The summed E-state index contributed by atoms with van der Waals surface area (Å²) < 4.78 is 5.18. The highest BCUT2D eigenvalue weighted by atomic mass is 16.5. The number of aliphatic carboxylic acids is 1. The van der Waals surface area contributed by atoms with Gasteiger partial charge in [-0.3, -0.25) is 4.79 Å². The van der Waals surface area contributed by atoms with Gasteiger partial charge in [-0.25, -0.2) is 0 Å². The molecule has 2 rings (SSSR count). The molecule has 2 heterocycles. The van der Waals surface area contributed by atoms with Crippen LogP contribution in [0.5, 0.6) is 0 Å². The van der Waals surface area contributed by atoms with Crippen LogP contribution in [0.1, 0.15) is 19.3 Å². The van der Waals surface area contributed by atoms with Crippen LogP contribution in [0.4, 0.5) is 0 Å². The lowest BCUT2D eigenvalue weighted by atomic mass is 9.67. The van der Waals surface area contributed by atoms with Crippen molar-refractivity contribution in [1.82, 2.24) is 5.32 Å². The molecule has 0 aromatic carbocycles. The summed E-state index contributed by atoms with van der Waals surface area (Å²) in [6.45, 7) is 1.91. The normalized spacial score (nSPS) is 35.3. The highest BCUT2D eigenvalue weighted by Crippen LogP contribution is 2.44. The quantitative estimate of drug-likeness (QED) is 0.583. The molecule has 2 fully saturated rings. The van der Waals surface area contributed by atoms with E-state index in [9.17, 15) is 15.0 Å². The van der Waals surface area contributed by atoms with Crippen LogP contribution < -0.4 is 5.32 Å². The van der Waals surface area contributed by atoms with Gasteiger partial charge < -0.3 is 20.3 Å². The number of rotatable bonds is 2. The van der Waals surface area contributed by atoms with Crippen LogP contribution in [0.3, 0.4) is 0 Å². The van der Waals surface area contributed by atoms with Crippen molar-refractivity contribution in [3.8, 4) is 0 Å². The van der Waals surface area contributed by atoms with Gasteiger partial charge in [0.15, 0.2) is 0 Å². The average Bonchev–Trinajstić information content (AvgIpc) is 2.69. The molecular weight excluding hydrogens is 198 g/mol. The Kier molecular flexibility index (Phi) is 2.70. The van der Waals surface area contributed by atoms with Gasteiger partial charge in [0.25, 0.3) is 0 Å². The standard InChI is InChI=1S/C10H17NO4/c12-8(13)9(3-6-15-7-9)10(14)1-4-11-5-2-10/h11,14H,1-7H2,(H,12,13). The summed E-state index contributed by atoms with van der Waals surface area (Å²) in [5.41, 5.74) is -2.20. The van der Waals surface area contributed by atoms with Gasteiger partial charge in [-0.2, -0.15) is 0 Å². The van der Waals surface area contributed by atoms with Crippen molar-refractivity contribution >= 4 is 5.97 Å². The molecule has 0 saturated carbocycles. The summed E-state index contributed by atoms with van der Waals surface area (Å²) in [5.74, 6) is -0.926. The maximum atomic E-state index is 11.4. The molecule has 0 radical (unpaired) electrons. The van der Waals surface area contributed by atoms with E-state index in [1.807, 2.05) is 0 Å². The second-order valence-corrected chi connectivity index (χ2v) is 4.47. The van der Waals surface area contributed by atoms with E-state index in [1.165, 1.54) is 0 Å². The molecule has 0 bridgehead atoms. The molecule has 2 saturated heterocycles. The van der Waals surface area contributed by atoms with E-state index in [1.54, 1.807) is 0 Å². The van der Waals surface area contributed by atoms with E-state index in [2.05, 4.69) is 5.32 Å². The highest BCUT2D eigenvalue weighted by molar-refractivity contribution is 5.77. The van der Waals surface area contributed by atoms with E-state index in [-0.39, 0.29) is 6.61 Å². The fraction of sp³-hybridized carbons (Fsp3) is 0.900. The first-order valence-corrected chi connectivity index (χ1v) is 5.35. The number of hydrogen-bond acceptors (Lipinski definition) is 4. The maximum absolute atomic E-state index is 11.4. The van der Waals surface area contributed by atoms with Crippen LogP contribution in [0.15, 0.2) is 0 Å². The maximum Gasteiger partial charge on any atom is 0.315 e. The summed E-state index contributed by atoms with van der Waals surface area (Å²) in [6.07, 6.45) is 1.39. The van der Waals surface area contributed by atoms with Gasteiger partial charge in [-0.05, 0) is 32.4 Å². The Morgan fingerprint density at radius 1 is 1.27 bits per heavy atom. The molecule has 86 valence electrons. The predicted molar refractivity (Wildman–Crippen MR) is 52.6 cm³/mol. The summed E-state index contributed by atoms with van der Waals surface area (Å²) in [5, 5.41) is 22.9. The van der Waals surface area contributed by atoms with Crippen molar-refractivity contribution < 1.29 is 19.7 Å². The Morgan fingerprint density at radius 2 is 1.93 bits per heavy atom. The van der Waals surface area contributed by atoms with Gasteiger partial charge in [0, 0.05) is 6.61 Å². The first-order valence-electron chi connectivity index (χ1n) is 5.35. The first kappa shape index (κ1) is 10.9. The summed E-state index contributed by atoms with van der Waals surface area (Å²) in [4.78, 5) is 11.4. The van der Waals surface area contributed by atoms with Gasteiger partial charge in [-0.1, -0.05) is 0 Å². The zero-order chi connectivity index (χ0) is 10.9. The summed E-state index contributed by atoms with van der Waals surface area (Å²) >= 11 is 0. The van der Waals surface area contributed by atoms with Crippen LogP contribution in [0, 0.1) is 5.41 Å². The second-order valence-electron chi connectivity index (χ2n) is 4.47. The third-order valence-electron chi connectivity index (χ3n) is 3.75. The molecule has 1 unspecified atom stereocenters. The van der Waals surface area contributed by atoms with Crippen LogP contribution in [0.2, 0.25) is 0 Å². The third kappa shape index (κ3) is 1.55. The van der Waals surface area contributed by atoms with Crippen molar-refractivity contribution in [2.45, 2.75) is 24.9 Å². The minimum absolute atomic E-state index is 0.138. The van der Waals surface area contributed by atoms with E-state index >= 15 is 0 Å². The Balaban J connectivity index is 2.26. The number of carboxylic acids is 1. The van der Waals surface area contributed by atoms with Gasteiger partial charge in [0.05, 0.1) is 12.2 Å². The zero-order valence-corrected chi connectivity index (χ0v) is 8.66. The number of piperidine rings is 1. The average molecular weight is 215 g/mol. The van der Waals surface area contributed by atoms with Crippen molar-refractivity contribution in [2.24, 2.45) is 5.41 Å². The molecule has 2 aliphatic rings. The summed E-state index contributed by atoms with van der Waals surface area (Å²) in [7, 11) is 0. The van der Waals surface area contributed by atoms with E-state index < -0.39 is 17.0 Å². The Hall–Kier alpha value is -0.650. The van der Waals surface area contributed by atoms with Crippen LogP contribution in [0.25, 0.3) is 0 Å². The van der Waals surface area contributed by atoms with E-state index in [4.69, 9.17) is 4.74 Å². The summed E-state index contributed by atoms with van der Waals surface area (Å²) in [6, 6.07) is 0. The number of aliphatic hydroxyl groups is 1. The highest BCUT2D eigenvalue weighted by Gasteiger charge is 2.58. The first-order chi connectivity index (χ1) is 7.11. The molecular formula is C10H17NO4. The Labute approximate surface area is 88.4 Å². The smallest absolute Gasteiger partial charge is 0.315 e. The van der Waals surface area contributed by atoms with Gasteiger partial charge >= 0.3 is 5.97 Å². The van der Waals surface area contributed by atoms with Crippen molar-refractivity contribution in [1.29, 1.82) is 0 Å². The lowest BCUT2D eigenvalue weighted by molar-refractivity contribution is -0.173. The van der Waals surface area contributed by atoms with E-state index in [0.29, 0.717) is 39.0 Å². The second kappa shape index (κ2) is 3.73. The predicted octanol–water partition coefficient (Wildman–Crippen LogP) is -0.408. The molecule has 0 amide bonds. The van der Waals surface area contributed by atoms with E-state index in [0.717, 1.165) is 0 Å². The zero-order valence-electron chi connectivity index (χ0n) is 8.66. The Bertz CT molecular complexity index is 254. The van der Waals surface area contributed by atoms with Crippen molar-refractivity contribution in [3.63, 3.8) is 0 Å². The number of nitrogens with one attached hydrogen (secondary N) is 1. The molecule has 0 aromatic rings. The van der Waals surface area contributed by atoms with Crippen molar-refractivity contribution in [3.05, 3.63) is 0 Å². The largest absolute Gasteiger partial charge is 0.481 e. The van der Waals surface area contributed by atoms with Gasteiger partial charge in [-0.15, -0.1) is 0 Å². The topological polar surface area (TPSA) is 78.8 Å². The molecule has 5 heteroatoms. The molecule has 2 aliphatic heterocycles. The molecule has 0 aromatic heterocycles. The lowest BCUT2D eigenvalue weighted by Gasteiger charge is -2.43. The molecule has 5 nitrogen and oxygen atoms in total. The minimum Gasteiger partial charge on any atom is -0.481 e. The Morgan fingerprint density at radius 3 is 2.40 bits per heavy atom. The lowest BCUT2D eigenvalue weighted by Crippen LogP contribution is -2.58. The third-order valence-corrected chi connectivity index (χ3v) is 3.75. The van der Waals surface area contributed by atoms with Crippen molar-refractivity contribution in [2.75, 3.05) is 26.3 Å². The van der Waals surface area contributed by atoms with Gasteiger partial charge in [0.1, 0.15) is 5.41 Å². The monoisotopic (exact) mass is 215 g/mol. The molecule has 1 atom stereocenters. The number of carbonyl (C=O) groups is 1. The fourth-order valence-corrected chi connectivity index (χ4v) is 2.62. The van der Waals surface area contributed by atoms with Crippen LogP contribution >= 0.6 is 0 Å². The molecule has 3 N–H and O–H groups in total. The van der Waals surface area contributed by atoms with Crippen LogP contribution in [-0.2, 0) is 9.53 Å². The minimum atomic E-state index is -1.11. The fourth-order valence-electron chi connectivity index (χ4n) is 2.62. The molecule has 0 spiro atoms. The molecule has 15 heavy (non-hydrogen) atoms. The number of hydrogen-bond donors (Lipinski definition) is 3. The molecule has 0 aliphatic carbocycles. The number of carboxylic acid groups (broad SMARTS) is 1. The van der Waals surface area contributed by atoms with Crippen LogP contribution in [-0.4, -0.2) is 48.1 Å². The number of ether oxygens (including phenoxy) is 1.